The zero-order chi connectivity index (χ0) is 13.0. The summed E-state index contributed by atoms with van der Waals surface area (Å²) in [5, 5.41) is 8.99. The Morgan fingerprint density at radius 2 is 1.76 bits per heavy atom. The van der Waals surface area contributed by atoms with Gasteiger partial charge in [-0.05, 0) is 55.4 Å². The summed E-state index contributed by atoms with van der Waals surface area (Å²) in [7, 11) is 0. The molecule has 0 radical (unpaired) electrons. The van der Waals surface area contributed by atoms with Crippen LogP contribution in [0.2, 0.25) is 0 Å². The highest BCUT2D eigenvalue weighted by Gasteiger charge is 2.22. The standard InChI is InChI=1S/C13H16O2.C2H6/c1-8-7-12(13(14)15)9(2)6-11(8)10-4-3-5-10;1-2/h6-7,10H,3-5H2,1-2H3,(H,14,15);1-2H3. The molecule has 1 aliphatic rings. The van der Waals surface area contributed by atoms with Gasteiger partial charge in [0.15, 0.2) is 0 Å². The molecule has 94 valence electrons. The molecule has 1 N–H and O–H groups in total. The molecule has 0 spiro atoms. The molecule has 0 amide bonds. The Morgan fingerprint density at radius 3 is 2.18 bits per heavy atom. The van der Waals surface area contributed by atoms with Crippen molar-refractivity contribution in [3.8, 4) is 0 Å². The number of benzene rings is 1. The third-order valence-electron chi connectivity index (χ3n) is 3.39. The van der Waals surface area contributed by atoms with E-state index in [0.717, 1.165) is 11.1 Å². The van der Waals surface area contributed by atoms with Crippen LogP contribution in [0.5, 0.6) is 0 Å². The molecule has 0 aromatic heterocycles. The summed E-state index contributed by atoms with van der Waals surface area (Å²) < 4.78 is 0. The van der Waals surface area contributed by atoms with Gasteiger partial charge in [0.25, 0.3) is 0 Å². The van der Waals surface area contributed by atoms with E-state index >= 15 is 0 Å². The first-order valence-electron chi connectivity index (χ1n) is 6.44. The van der Waals surface area contributed by atoms with E-state index in [1.807, 2.05) is 33.8 Å². The Bertz CT molecular complexity index is 404. The second-order valence-corrected chi connectivity index (χ2v) is 4.46. The number of rotatable bonds is 2. The highest BCUT2D eigenvalue weighted by molar-refractivity contribution is 5.89. The second kappa shape index (κ2) is 5.85. The molecular weight excluding hydrogens is 212 g/mol. The summed E-state index contributed by atoms with van der Waals surface area (Å²) in [4.78, 5) is 10.9. The van der Waals surface area contributed by atoms with E-state index in [4.69, 9.17) is 5.11 Å². The van der Waals surface area contributed by atoms with Gasteiger partial charge in [-0.25, -0.2) is 4.79 Å². The average molecular weight is 234 g/mol. The predicted molar refractivity (Wildman–Crippen MR) is 70.8 cm³/mol. The lowest BCUT2D eigenvalue weighted by Crippen LogP contribution is -2.12. The molecule has 1 aromatic carbocycles. The largest absolute Gasteiger partial charge is 0.478 e. The number of carboxylic acid groups (broad SMARTS) is 1. The summed E-state index contributed by atoms with van der Waals surface area (Å²) >= 11 is 0. The van der Waals surface area contributed by atoms with Gasteiger partial charge in [0.05, 0.1) is 5.56 Å². The van der Waals surface area contributed by atoms with Gasteiger partial charge in [-0.2, -0.15) is 0 Å². The Kier molecular flexibility index (Phi) is 4.73. The van der Waals surface area contributed by atoms with Crippen LogP contribution in [0.1, 0.15) is 66.1 Å². The number of aryl methyl sites for hydroxylation is 2. The van der Waals surface area contributed by atoms with Gasteiger partial charge < -0.3 is 5.11 Å². The minimum Gasteiger partial charge on any atom is -0.478 e. The van der Waals surface area contributed by atoms with Crippen molar-refractivity contribution in [3.63, 3.8) is 0 Å². The van der Waals surface area contributed by atoms with E-state index in [1.165, 1.54) is 24.8 Å². The lowest BCUT2D eigenvalue weighted by atomic mass is 9.77. The fourth-order valence-corrected chi connectivity index (χ4v) is 2.23. The van der Waals surface area contributed by atoms with Crippen LogP contribution in [0.4, 0.5) is 0 Å². The van der Waals surface area contributed by atoms with Crippen LogP contribution in [-0.2, 0) is 0 Å². The van der Waals surface area contributed by atoms with Gasteiger partial charge >= 0.3 is 5.97 Å². The minimum atomic E-state index is -0.823. The summed E-state index contributed by atoms with van der Waals surface area (Å²) in [6, 6.07) is 3.87. The van der Waals surface area contributed by atoms with Gasteiger partial charge in [0.1, 0.15) is 0 Å². The second-order valence-electron chi connectivity index (χ2n) is 4.46. The topological polar surface area (TPSA) is 37.3 Å². The lowest BCUT2D eigenvalue weighted by molar-refractivity contribution is 0.0696. The Hall–Kier alpha value is -1.31. The van der Waals surface area contributed by atoms with E-state index in [9.17, 15) is 4.79 Å². The van der Waals surface area contributed by atoms with Gasteiger partial charge in [0, 0.05) is 0 Å². The number of aromatic carboxylic acids is 1. The van der Waals surface area contributed by atoms with E-state index in [1.54, 1.807) is 0 Å². The maximum absolute atomic E-state index is 10.9. The molecule has 2 rings (SSSR count). The fourth-order valence-electron chi connectivity index (χ4n) is 2.23. The van der Waals surface area contributed by atoms with Crippen LogP contribution in [-0.4, -0.2) is 11.1 Å². The zero-order valence-electron chi connectivity index (χ0n) is 11.2. The molecule has 0 unspecified atom stereocenters. The summed E-state index contributed by atoms with van der Waals surface area (Å²) in [6.45, 7) is 7.89. The molecule has 2 heteroatoms. The molecule has 0 atom stereocenters. The third-order valence-corrected chi connectivity index (χ3v) is 3.39. The monoisotopic (exact) mass is 234 g/mol. The van der Waals surface area contributed by atoms with Gasteiger partial charge in [-0.15, -0.1) is 0 Å². The average Bonchev–Trinajstić information content (AvgIpc) is 2.23. The van der Waals surface area contributed by atoms with E-state index in [2.05, 4.69) is 6.07 Å². The van der Waals surface area contributed by atoms with Crippen molar-refractivity contribution in [3.05, 3.63) is 34.4 Å². The Balaban J connectivity index is 0.000000686. The van der Waals surface area contributed by atoms with Crippen LogP contribution in [0.15, 0.2) is 12.1 Å². The van der Waals surface area contributed by atoms with E-state index < -0.39 is 5.97 Å². The van der Waals surface area contributed by atoms with Crippen molar-refractivity contribution in [2.24, 2.45) is 0 Å². The molecule has 0 aliphatic heterocycles. The number of carboxylic acids is 1. The number of hydrogen-bond acceptors (Lipinski definition) is 1. The Labute approximate surface area is 104 Å². The quantitative estimate of drug-likeness (QED) is 0.828. The molecule has 0 saturated heterocycles. The fraction of sp³-hybridized carbons (Fsp3) is 0.533. The van der Waals surface area contributed by atoms with Crippen LogP contribution in [0.3, 0.4) is 0 Å². The molecular formula is C15H22O2. The third kappa shape index (κ3) is 2.87. The normalized spacial score (nSPS) is 14.6. The van der Waals surface area contributed by atoms with Gasteiger partial charge in [-0.3, -0.25) is 0 Å². The van der Waals surface area contributed by atoms with E-state index in [0.29, 0.717) is 11.5 Å². The van der Waals surface area contributed by atoms with Crippen molar-refractivity contribution >= 4 is 5.97 Å². The van der Waals surface area contributed by atoms with Crippen molar-refractivity contribution in [1.29, 1.82) is 0 Å². The first-order valence-corrected chi connectivity index (χ1v) is 6.44. The first-order chi connectivity index (χ1) is 8.09. The molecule has 1 aliphatic carbocycles. The smallest absolute Gasteiger partial charge is 0.335 e. The van der Waals surface area contributed by atoms with Crippen molar-refractivity contribution in [2.75, 3.05) is 0 Å². The van der Waals surface area contributed by atoms with Crippen molar-refractivity contribution < 1.29 is 9.90 Å². The van der Waals surface area contributed by atoms with Crippen LogP contribution in [0.25, 0.3) is 0 Å². The van der Waals surface area contributed by atoms with Crippen molar-refractivity contribution in [1.82, 2.24) is 0 Å². The maximum Gasteiger partial charge on any atom is 0.335 e. The highest BCUT2D eigenvalue weighted by atomic mass is 16.4. The molecule has 1 fully saturated rings. The minimum absolute atomic E-state index is 0.440. The molecule has 17 heavy (non-hydrogen) atoms. The Morgan fingerprint density at radius 1 is 1.18 bits per heavy atom. The number of hydrogen-bond donors (Lipinski definition) is 1. The SMILES string of the molecule is CC.Cc1cc(C2CCC2)c(C)cc1C(=O)O. The highest BCUT2D eigenvalue weighted by Crippen LogP contribution is 2.38. The maximum atomic E-state index is 10.9. The summed E-state index contributed by atoms with van der Waals surface area (Å²) in [5.74, 6) is -0.151. The summed E-state index contributed by atoms with van der Waals surface area (Å²) in [5.41, 5.74) is 3.80. The van der Waals surface area contributed by atoms with Crippen molar-refractivity contribution in [2.45, 2.75) is 52.9 Å². The molecule has 2 nitrogen and oxygen atoms in total. The molecule has 0 bridgehead atoms. The predicted octanol–water partition coefficient (Wildman–Crippen LogP) is 4.30. The summed E-state index contributed by atoms with van der Waals surface area (Å²) in [6.07, 6.45) is 3.82. The zero-order valence-corrected chi connectivity index (χ0v) is 11.2. The molecule has 0 heterocycles. The number of carbonyl (C=O) groups is 1. The van der Waals surface area contributed by atoms with Gasteiger partial charge in [0.2, 0.25) is 0 Å². The first kappa shape index (κ1) is 13.8. The molecule has 1 saturated carbocycles. The van der Waals surface area contributed by atoms with Gasteiger partial charge in [-0.1, -0.05) is 26.3 Å². The van der Waals surface area contributed by atoms with E-state index in [-0.39, 0.29) is 0 Å². The van der Waals surface area contributed by atoms with Crippen LogP contribution in [0, 0.1) is 13.8 Å². The lowest BCUT2D eigenvalue weighted by Gasteiger charge is -2.28. The molecule has 1 aromatic rings. The van der Waals surface area contributed by atoms with Crippen LogP contribution >= 0.6 is 0 Å². The van der Waals surface area contributed by atoms with Crippen LogP contribution < -0.4 is 0 Å².